The summed E-state index contributed by atoms with van der Waals surface area (Å²) in [7, 11) is -4.24. The third-order valence-electron chi connectivity index (χ3n) is 7.52. The van der Waals surface area contributed by atoms with Crippen molar-refractivity contribution in [2.24, 2.45) is 0 Å². The van der Waals surface area contributed by atoms with Crippen LogP contribution in [0.5, 0.6) is 5.75 Å². The number of ether oxygens (including phenoxy) is 1. The van der Waals surface area contributed by atoms with Gasteiger partial charge in [-0.05, 0) is 91.4 Å². The fourth-order valence-corrected chi connectivity index (χ4v) is 7.18. The molecule has 0 saturated carbocycles. The van der Waals surface area contributed by atoms with E-state index in [0.29, 0.717) is 40.9 Å². The normalized spacial score (nSPS) is 11.9. The van der Waals surface area contributed by atoms with E-state index in [-0.39, 0.29) is 29.5 Å². The van der Waals surface area contributed by atoms with E-state index < -0.39 is 28.5 Å². The first-order valence-electron chi connectivity index (χ1n) is 15.5. The van der Waals surface area contributed by atoms with Crippen LogP contribution in [0.4, 0.5) is 5.69 Å². The van der Waals surface area contributed by atoms with E-state index >= 15 is 0 Å². The van der Waals surface area contributed by atoms with Crippen LogP contribution < -0.4 is 14.4 Å². The van der Waals surface area contributed by atoms with Gasteiger partial charge in [-0.25, -0.2) is 8.42 Å². The summed E-state index contributed by atoms with van der Waals surface area (Å²) < 4.78 is 35.2. The van der Waals surface area contributed by atoms with Crippen molar-refractivity contribution in [2.45, 2.75) is 49.1 Å². The molecular formula is C36H39Cl2N3O5S2. The summed E-state index contributed by atoms with van der Waals surface area (Å²) in [6, 6.07) is 26.4. The number of carbonyl (C=O) groups excluding carboxylic acids is 2. The number of carbonyl (C=O) groups is 2. The molecule has 0 heterocycles. The van der Waals surface area contributed by atoms with Gasteiger partial charge in [0, 0.05) is 24.4 Å². The Balaban J connectivity index is 1.81. The average molecular weight is 729 g/mol. The second-order valence-corrected chi connectivity index (χ2v) is 14.4. The predicted octanol–water partition coefficient (Wildman–Crippen LogP) is 7.48. The molecule has 0 aliphatic carbocycles. The van der Waals surface area contributed by atoms with E-state index in [1.54, 1.807) is 54.6 Å². The van der Waals surface area contributed by atoms with E-state index in [9.17, 15) is 18.0 Å². The van der Waals surface area contributed by atoms with Gasteiger partial charge in [0.05, 0.1) is 27.2 Å². The Morgan fingerprint density at radius 1 is 0.875 bits per heavy atom. The molecular weight excluding hydrogens is 689 g/mol. The quantitative estimate of drug-likeness (QED) is 0.120. The van der Waals surface area contributed by atoms with Crippen molar-refractivity contribution in [1.82, 2.24) is 10.2 Å². The van der Waals surface area contributed by atoms with Gasteiger partial charge in [-0.2, -0.15) is 0 Å². The van der Waals surface area contributed by atoms with Crippen molar-refractivity contribution < 1.29 is 22.7 Å². The number of nitrogens with zero attached hydrogens (tertiary/aromatic N) is 2. The maximum atomic E-state index is 14.6. The maximum Gasteiger partial charge on any atom is 0.264 e. The highest BCUT2D eigenvalue weighted by Crippen LogP contribution is 2.29. The SMILES string of the molecule is CCCNC(=O)[C@H](Cc1ccccc1)N(Cc1ccc(Cl)c(Cl)c1)C(=O)CN(c1ccc(OCC)cc1)S(=O)(=O)c1ccc(SC)cc1. The molecule has 0 fully saturated rings. The van der Waals surface area contributed by atoms with Crippen molar-refractivity contribution in [3.05, 3.63) is 118 Å². The van der Waals surface area contributed by atoms with Crippen molar-refractivity contribution in [3.63, 3.8) is 0 Å². The number of benzene rings is 4. The van der Waals surface area contributed by atoms with Crippen LogP contribution in [0.15, 0.2) is 107 Å². The van der Waals surface area contributed by atoms with Gasteiger partial charge >= 0.3 is 0 Å². The van der Waals surface area contributed by atoms with E-state index in [1.165, 1.54) is 28.8 Å². The fourth-order valence-electron chi connectivity index (χ4n) is 5.03. The van der Waals surface area contributed by atoms with Gasteiger partial charge < -0.3 is 15.0 Å². The molecule has 1 N–H and O–H groups in total. The van der Waals surface area contributed by atoms with Crippen LogP contribution >= 0.6 is 35.0 Å². The maximum absolute atomic E-state index is 14.6. The lowest BCUT2D eigenvalue weighted by molar-refractivity contribution is -0.140. The highest BCUT2D eigenvalue weighted by atomic mass is 35.5. The number of hydrogen-bond donors (Lipinski definition) is 1. The van der Waals surface area contributed by atoms with Crippen LogP contribution in [0, 0.1) is 0 Å². The van der Waals surface area contributed by atoms with E-state index in [0.717, 1.165) is 14.8 Å². The summed E-state index contributed by atoms with van der Waals surface area (Å²) in [5.41, 5.74) is 1.73. The molecule has 0 bridgehead atoms. The summed E-state index contributed by atoms with van der Waals surface area (Å²) in [4.78, 5) is 30.7. The summed E-state index contributed by atoms with van der Waals surface area (Å²) in [6.07, 6.45) is 2.80. The molecule has 8 nitrogen and oxygen atoms in total. The number of sulfonamides is 1. The molecule has 4 rings (SSSR count). The lowest BCUT2D eigenvalue weighted by atomic mass is 10.0. The molecule has 0 unspecified atom stereocenters. The largest absolute Gasteiger partial charge is 0.494 e. The van der Waals surface area contributed by atoms with Crippen molar-refractivity contribution in [1.29, 1.82) is 0 Å². The second-order valence-electron chi connectivity index (χ2n) is 10.9. The number of halogens is 2. The number of anilines is 1. The molecule has 1 atom stereocenters. The smallest absolute Gasteiger partial charge is 0.264 e. The van der Waals surface area contributed by atoms with Gasteiger partial charge in [-0.15, -0.1) is 11.8 Å². The Hall–Kier alpha value is -3.70. The Morgan fingerprint density at radius 3 is 2.17 bits per heavy atom. The molecule has 0 aromatic heterocycles. The zero-order chi connectivity index (χ0) is 34.7. The Bertz CT molecular complexity index is 1770. The summed E-state index contributed by atoms with van der Waals surface area (Å²) in [5.74, 6) is -0.366. The second kappa shape index (κ2) is 17.6. The van der Waals surface area contributed by atoms with E-state index in [1.807, 2.05) is 50.4 Å². The molecule has 0 aliphatic heterocycles. The van der Waals surface area contributed by atoms with Crippen LogP contribution in [0.3, 0.4) is 0 Å². The molecule has 2 amide bonds. The molecule has 4 aromatic rings. The topological polar surface area (TPSA) is 96.0 Å². The first kappa shape index (κ1) is 37.1. The van der Waals surface area contributed by atoms with Gasteiger partial charge in [0.15, 0.2) is 0 Å². The van der Waals surface area contributed by atoms with Gasteiger partial charge in [0.2, 0.25) is 11.8 Å². The zero-order valence-corrected chi connectivity index (χ0v) is 30.2. The minimum Gasteiger partial charge on any atom is -0.494 e. The zero-order valence-electron chi connectivity index (χ0n) is 27.1. The number of amides is 2. The first-order chi connectivity index (χ1) is 23.1. The standard InChI is InChI=1S/C36H39Cl2N3O5S2/c1-4-21-39-36(43)34(23-26-9-7-6-8-10-26)40(24-27-11-20-32(37)33(38)22-27)35(42)25-41(28-12-14-29(15-13-28)46-5-2)48(44,45)31-18-16-30(47-3)17-19-31/h6-20,22,34H,4-5,21,23-25H2,1-3H3,(H,39,43)/t34-/m0/s1. The average Bonchev–Trinajstić information content (AvgIpc) is 3.10. The van der Waals surface area contributed by atoms with Crippen molar-refractivity contribution in [2.75, 3.05) is 30.3 Å². The fraction of sp³-hybridized carbons (Fsp3) is 0.278. The summed E-state index contributed by atoms with van der Waals surface area (Å²) >= 11 is 14.0. The van der Waals surface area contributed by atoms with Crippen LogP contribution in [-0.4, -0.2) is 57.1 Å². The molecule has 12 heteroatoms. The third-order valence-corrected chi connectivity index (χ3v) is 10.8. The highest BCUT2D eigenvalue weighted by molar-refractivity contribution is 7.98. The predicted molar refractivity (Wildman–Crippen MR) is 195 cm³/mol. The summed E-state index contributed by atoms with van der Waals surface area (Å²) in [6.45, 7) is 4.05. The van der Waals surface area contributed by atoms with Crippen LogP contribution in [0.25, 0.3) is 0 Å². The first-order valence-corrected chi connectivity index (χ1v) is 18.9. The molecule has 0 aliphatic rings. The number of rotatable bonds is 16. The van der Waals surface area contributed by atoms with Crippen molar-refractivity contribution in [3.8, 4) is 5.75 Å². The molecule has 48 heavy (non-hydrogen) atoms. The Morgan fingerprint density at radius 2 is 1.56 bits per heavy atom. The van der Waals surface area contributed by atoms with Gasteiger partial charge in [0.1, 0.15) is 18.3 Å². The minimum absolute atomic E-state index is 0.0215. The molecule has 0 saturated heterocycles. The lowest BCUT2D eigenvalue weighted by Gasteiger charge is -2.34. The highest BCUT2D eigenvalue weighted by Gasteiger charge is 2.34. The monoisotopic (exact) mass is 727 g/mol. The van der Waals surface area contributed by atoms with Crippen LogP contribution in [0.2, 0.25) is 10.0 Å². The third kappa shape index (κ3) is 9.69. The van der Waals surface area contributed by atoms with Gasteiger partial charge in [-0.1, -0.05) is 66.5 Å². The van der Waals surface area contributed by atoms with E-state index in [4.69, 9.17) is 27.9 Å². The summed E-state index contributed by atoms with van der Waals surface area (Å²) in [5, 5.41) is 3.58. The molecule has 254 valence electrons. The molecule has 0 radical (unpaired) electrons. The lowest BCUT2D eigenvalue weighted by Crippen LogP contribution is -2.53. The van der Waals surface area contributed by atoms with Gasteiger partial charge in [-0.3, -0.25) is 13.9 Å². The van der Waals surface area contributed by atoms with Crippen LogP contribution in [-0.2, 0) is 32.6 Å². The molecule has 4 aromatic carbocycles. The van der Waals surface area contributed by atoms with Crippen molar-refractivity contribution >= 4 is 62.5 Å². The van der Waals surface area contributed by atoms with E-state index in [2.05, 4.69) is 5.32 Å². The Kier molecular flexibility index (Phi) is 13.6. The number of thioether (sulfide) groups is 1. The van der Waals surface area contributed by atoms with Gasteiger partial charge in [0.25, 0.3) is 10.0 Å². The number of nitrogens with one attached hydrogen (secondary N) is 1. The molecule has 0 spiro atoms. The number of hydrogen-bond acceptors (Lipinski definition) is 6. The minimum atomic E-state index is -4.24. The Labute approximate surface area is 297 Å². The van der Waals surface area contributed by atoms with Crippen LogP contribution in [0.1, 0.15) is 31.4 Å².